The molecule has 0 aliphatic rings. The number of nitrogens with zero attached hydrogens (tertiary/aromatic N) is 5. The number of aromatic nitrogens is 5. The van der Waals surface area contributed by atoms with Crippen LogP contribution in [0.1, 0.15) is 30.2 Å². The van der Waals surface area contributed by atoms with E-state index in [1.165, 1.54) is 22.4 Å². The average molecular weight is 522 g/mol. The van der Waals surface area contributed by atoms with Crippen molar-refractivity contribution in [1.82, 2.24) is 23.9 Å². The van der Waals surface area contributed by atoms with Gasteiger partial charge in [0.25, 0.3) is 0 Å². The van der Waals surface area contributed by atoms with Crippen LogP contribution in [0.3, 0.4) is 0 Å². The molecule has 4 aromatic rings. The molecule has 2 aromatic carbocycles. The zero-order valence-corrected chi connectivity index (χ0v) is 20.1. The lowest BCUT2D eigenvalue weighted by Gasteiger charge is -2.16. The van der Waals surface area contributed by atoms with Crippen molar-refractivity contribution in [2.24, 2.45) is 0 Å². The van der Waals surface area contributed by atoms with Gasteiger partial charge in [0.2, 0.25) is 0 Å². The van der Waals surface area contributed by atoms with Gasteiger partial charge in [-0.15, -0.1) is 5.10 Å². The first kappa shape index (κ1) is 25.7. The van der Waals surface area contributed by atoms with Crippen molar-refractivity contribution in [2.45, 2.75) is 45.3 Å². The topological polar surface area (TPSA) is 98.1 Å². The quantitative estimate of drug-likeness (QED) is 0.384. The molecule has 2 heterocycles. The Morgan fingerprint density at radius 2 is 1.81 bits per heavy atom. The van der Waals surface area contributed by atoms with Gasteiger partial charge in [0.15, 0.2) is 17.8 Å². The molecule has 2 aromatic heterocycles. The fourth-order valence-corrected chi connectivity index (χ4v) is 3.83. The lowest BCUT2D eigenvalue weighted by atomic mass is 10.1. The number of hydrogen-bond donors (Lipinski definition) is 2. The number of rotatable bonds is 7. The van der Waals surface area contributed by atoms with Crippen LogP contribution in [0.2, 0.25) is 5.02 Å². The summed E-state index contributed by atoms with van der Waals surface area (Å²) in [7, 11) is 0. The number of benzene rings is 2. The predicted molar refractivity (Wildman–Crippen MR) is 127 cm³/mol. The molecule has 0 saturated heterocycles. The minimum absolute atomic E-state index is 0.129. The lowest BCUT2D eigenvalue weighted by molar-refractivity contribution is -0.207. The van der Waals surface area contributed by atoms with Gasteiger partial charge in [-0.3, -0.25) is 9.13 Å². The molecule has 1 unspecified atom stereocenters. The van der Waals surface area contributed by atoms with E-state index in [1.54, 1.807) is 30.3 Å². The summed E-state index contributed by atoms with van der Waals surface area (Å²) in [5.74, 6) is 0.416. The maximum Gasteiger partial charge on any atom is 0.416 e. The van der Waals surface area contributed by atoms with Crippen molar-refractivity contribution in [2.75, 3.05) is 0 Å². The number of halogens is 4. The first-order valence-corrected chi connectivity index (χ1v) is 11.3. The maximum absolute atomic E-state index is 13.3. The number of aliphatic hydroxyl groups excluding tert-OH is 2. The smallest absolute Gasteiger partial charge is 0.385 e. The van der Waals surface area contributed by atoms with Crippen LogP contribution < -0.4 is 5.69 Å². The molecule has 0 aliphatic carbocycles. The Kier molecular flexibility index (Phi) is 7.07. The van der Waals surface area contributed by atoms with Crippen LogP contribution in [0.25, 0.3) is 16.9 Å². The Labute approximate surface area is 208 Å². The Bertz CT molecular complexity index is 1420. The van der Waals surface area contributed by atoms with Crippen molar-refractivity contribution in [3.8, 4) is 16.9 Å². The second-order valence-corrected chi connectivity index (χ2v) is 8.85. The van der Waals surface area contributed by atoms with Gasteiger partial charge in [0.05, 0.1) is 24.5 Å². The van der Waals surface area contributed by atoms with Gasteiger partial charge >= 0.3 is 11.9 Å². The minimum Gasteiger partial charge on any atom is -0.385 e. The van der Waals surface area contributed by atoms with E-state index < -0.39 is 30.6 Å². The first-order chi connectivity index (χ1) is 16.9. The summed E-state index contributed by atoms with van der Waals surface area (Å²) >= 11 is 5.94. The van der Waals surface area contributed by atoms with Crippen molar-refractivity contribution < 1.29 is 23.4 Å². The highest BCUT2D eigenvalue weighted by atomic mass is 35.5. The molecule has 4 rings (SSSR count). The van der Waals surface area contributed by atoms with E-state index in [9.17, 15) is 28.2 Å². The van der Waals surface area contributed by atoms with E-state index in [-0.39, 0.29) is 23.9 Å². The number of hydrogen-bond acceptors (Lipinski definition) is 5. The van der Waals surface area contributed by atoms with E-state index in [0.717, 1.165) is 10.1 Å². The van der Waals surface area contributed by atoms with Gasteiger partial charge in [-0.05, 0) is 49.2 Å². The van der Waals surface area contributed by atoms with Crippen LogP contribution in [-0.4, -0.2) is 46.4 Å². The number of alkyl halides is 3. The van der Waals surface area contributed by atoms with Crippen molar-refractivity contribution in [3.63, 3.8) is 0 Å². The normalized spacial score (nSPS) is 13.7. The third kappa shape index (κ3) is 5.38. The molecule has 0 radical (unpaired) electrons. The Balaban J connectivity index is 1.82. The van der Waals surface area contributed by atoms with Gasteiger partial charge in [-0.2, -0.15) is 13.2 Å². The third-order valence-corrected chi connectivity index (χ3v) is 5.79. The average Bonchev–Trinajstić information content (AvgIpc) is 3.36. The highest BCUT2D eigenvalue weighted by Gasteiger charge is 2.39. The second kappa shape index (κ2) is 9.92. The van der Waals surface area contributed by atoms with E-state index in [1.807, 2.05) is 25.1 Å². The summed E-state index contributed by atoms with van der Waals surface area (Å²) in [4.78, 5) is 17.6. The summed E-state index contributed by atoms with van der Waals surface area (Å²) < 4.78 is 42.9. The zero-order valence-electron chi connectivity index (χ0n) is 19.3. The Hall–Kier alpha value is -3.41. The standard InChI is InChI=1S/C24H23ClF3N5O3/c1-14-4-3-5-18(10-14)33-21(29-22(30-33)15(2)34)13-31-11-19(16-6-8-17(25)9-7-16)32(23(31)36)12-20(35)24(26,27)28/h3-11,15,20,34-35H,12-13H2,1-2H3/t15-,20?/m0/s1. The second-order valence-electron chi connectivity index (χ2n) is 8.41. The number of aliphatic hydroxyl groups is 2. The molecule has 2 atom stereocenters. The molecule has 0 aliphatic heterocycles. The summed E-state index contributed by atoms with van der Waals surface area (Å²) in [5, 5.41) is 24.5. The molecule has 0 amide bonds. The van der Waals surface area contributed by atoms with Crippen LogP contribution >= 0.6 is 11.6 Å². The first-order valence-electron chi connectivity index (χ1n) is 11.0. The largest absolute Gasteiger partial charge is 0.416 e. The predicted octanol–water partition coefficient (Wildman–Crippen LogP) is 3.88. The van der Waals surface area contributed by atoms with Gasteiger partial charge in [0, 0.05) is 11.2 Å². The SMILES string of the molecule is Cc1cccc(-n2nc([C@H](C)O)nc2Cn2cc(-c3ccc(Cl)cc3)n(CC(O)C(F)(F)F)c2=O)c1. The number of aryl methyl sites for hydroxylation is 1. The summed E-state index contributed by atoms with van der Waals surface area (Å²) in [6.45, 7) is 2.25. The van der Waals surface area contributed by atoms with Crippen molar-refractivity contribution >= 4 is 11.6 Å². The van der Waals surface area contributed by atoms with E-state index >= 15 is 0 Å². The fourth-order valence-electron chi connectivity index (χ4n) is 3.71. The molecular formula is C24H23ClF3N5O3. The maximum atomic E-state index is 13.3. The summed E-state index contributed by atoms with van der Waals surface area (Å²) in [5.41, 5.74) is 1.41. The van der Waals surface area contributed by atoms with Crippen LogP contribution in [0, 0.1) is 6.92 Å². The molecule has 0 bridgehead atoms. The highest BCUT2D eigenvalue weighted by Crippen LogP contribution is 2.25. The zero-order chi connectivity index (χ0) is 26.2. The Morgan fingerprint density at radius 1 is 1.11 bits per heavy atom. The lowest BCUT2D eigenvalue weighted by Crippen LogP contribution is -2.37. The van der Waals surface area contributed by atoms with E-state index in [4.69, 9.17) is 11.6 Å². The van der Waals surface area contributed by atoms with Gasteiger partial charge in [-0.1, -0.05) is 35.9 Å². The van der Waals surface area contributed by atoms with Crippen LogP contribution in [-0.2, 0) is 13.1 Å². The fraction of sp³-hybridized carbons (Fsp3) is 0.292. The molecular weight excluding hydrogens is 499 g/mol. The van der Waals surface area contributed by atoms with Gasteiger partial charge in [-0.25, -0.2) is 14.5 Å². The van der Waals surface area contributed by atoms with Crippen LogP contribution in [0.4, 0.5) is 13.2 Å². The molecule has 0 fully saturated rings. The highest BCUT2D eigenvalue weighted by molar-refractivity contribution is 6.30. The summed E-state index contributed by atoms with van der Waals surface area (Å²) in [6, 6.07) is 13.6. The molecule has 8 nitrogen and oxygen atoms in total. The molecule has 36 heavy (non-hydrogen) atoms. The Morgan fingerprint density at radius 3 is 2.42 bits per heavy atom. The van der Waals surface area contributed by atoms with Crippen molar-refractivity contribution in [1.29, 1.82) is 0 Å². The van der Waals surface area contributed by atoms with E-state index in [0.29, 0.717) is 16.3 Å². The number of imidazole rings is 1. The molecule has 0 spiro atoms. The molecule has 0 saturated carbocycles. The van der Waals surface area contributed by atoms with Gasteiger partial charge in [0.1, 0.15) is 6.10 Å². The van der Waals surface area contributed by atoms with Crippen LogP contribution in [0.5, 0.6) is 0 Å². The molecule has 2 N–H and O–H groups in total. The molecule has 190 valence electrons. The summed E-state index contributed by atoms with van der Waals surface area (Å²) in [6.07, 6.45) is -7.24. The van der Waals surface area contributed by atoms with E-state index in [2.05, 4.69) is 10.1 Å². The van der Waals surface area contributed by atoms with Crippen LogP contribution in [0.15, 0.2) is 59.5 Å². The monoisotopic (exact) mass is 521 g/mol. The molecule has 12 heteroatoms. The van der Waals surface area contributed by atoms with Gasteiger partial charge < -0.3 is 10.2 Å². The third-order valence-electron chi connectivity index (χ3n) is 5.54. The van der Waals surface area contributed by atoms with Crippen molar-refractivity contribution in [3.05, 3.63) is 87.4 Å². The minimum atomic E-state index is -4.91.